The molecule has 5 rings (SSSR count). The van der Waals surface area contributed by atoms with E-state index >= 15 is 0 Å². The second-order valence-electron chi connectivity index (χ2n) is 7.19. The molecule has 2 heterocycles. The highest BCUT2D eigenvalue weighted by Crippen LogP contribution is 2.27. The summed E-state index contributed by atoms with van der Waals surface area (Å²) in [5.74, 6) is 0. The fraction of sp³-hybridized carbons (Fsp3) is 0.0800. The van der Waals surface area contributed by atoms with Crippen LogP contribution in [0, 0.1) is 11.3 Å². The first-order chi connectivity index (χ1) is 14.8. The molecule has 152 valence electrons. The monoisotopic (exact) mass is 442 g/mol. The van der Waals surface area contributed by atoms with E-state index in [0.717, 1.165) is 40.5 Å². The first kappa shape index (κ1) is 20.8. The Morgan fingerprint density at radius 1 is 0.968 bits per heavy atom. The highest BCUT2D eigenvalue weighted by molar-refractivity contribution is 7.10. The molecular formula is C25H19ClN4S. The van der Waals surface area contributed by atoms with E-state index in [4.69, 9.17) is 10.2 Å². The smallest absolute Gasteiger partial charge is 0.0992 e. The molecule has 0 saturated carbocycles. The van der Waals surface area contributed by atoms with E-state index in [2.05, 4.69) is 63.5 Å². The first-order valence-electron chi connectivity index (χ1n) is 9.70. The molecule has 0 amide bonds. The van der Waals surface area contributed by atoms with E-state index in [9.17, 15) is 0 Å². The average Bonchev–Trinajstić information content (AvgIpc) is 3.44. The number of rotatable bonds is 5. The molecule has 0 unspecified atom stereocenters. The van der Waals surface area contributed by atoms with Crippen LogP contribution in [-0.4, -0.2) is 14.5 Å². The third-order valence-electron chi connectivity index (χ3n) is 5.16. The summed E-state index contributed by atoms with van der Waals surface area (Å²) in [5.41, 5.74) is 5.10. The highest BCUT2D eigenvalue weighted by atomic mass is 35.5. The van der Waals surface area contributed by atoms with E-state index in [0.29, 0.717) is 5.56 Å². The third-order valence-corrected chi connectivity index (χ3v) is 6.01. The molecule has 0 saturated heterocycles. The van der Waals surface area contributed by atoms with E-state index in [-0.39, 0.29) is 12.4 Å². The van der Waals surface area contributed by atoms with Crippen molar-refractivity contribution in [2.75, 3.05) is 0 Å². The molecule has 0 aliphatic heterocycles. The number of aromatic nitrogens is 3. The molecular weight excluding hydrogens is 424 g/mol. The third kappa shape index (κ3) is 4.51. The van der Waals surface area contributed by atoms with Crippen LogP contribution < -0.4 is 0 Å². The lowest BCUT2D eigenvalue weighted by atomic mass is 10.1. The maximum Gasteiger partial charge on any atom is 0.0992 e. The zero-order chi connectivity index (χ0) is 20.3. The predicted molar refractivity (Wildman–Crippen MR) is 128 cm³/mol. The maximum absolute atomic E-state index is 8.96. The van der Waals surface area contributed by atoms with Gasteiger partial charge in [0.2, 0.25) is 0 Å². The molecule has 0 aliphatic rings. The summed E-state index contributed by atoms with van der Waals surface area (Å²) in [6, 6.07) is 24.7. The van der Waals surface area contributed by atoms with Crippen LogP contribution in [-0.2, 0) is 13.0 Å². The highest BCUT2D eigenvalue weighted by Gasteiger charge is 2.10. The Labute approximate surface area is 190 Å². The summed E-state index contributed by atoms with van der Waals surface area (Å²) in [4.78, 5) is 9.21. The molecule has 5 aromatic rings. The molecule has 6 heteroatoms. The van der Waals surface area contributed by atoms with Crippen molar-refractivity contribution in [1.82, 2.24) is 14.5 Å². The van der Waals surface area contributed by atoms with Gasteiger partial charge in [-0.05, 0) is 34.5 Å². The zero-order valence-electron chi connectivity index (χ0n) is 16.6. The van der Waals surface area contributed by atoms with Crippen LogP contribution in [0.4, 0.5) is 0 Å². The maximum atomic E-state index is 8.96. The van der Waals surface area contributed by atoms with Crippen molar-refractivity contribution in [3.8, 4) is 17.3 Å². The van der Waals surface area contributed by atoms with Crippen molar-refractivity contribution < 1.29 is 0 Å². The minimum absolute atomic E-state index is 0. The minimum Gasteiger partial charge on any atom is -0.330 e. The van der Waals surface area contributed by atoms with Gasteiger partial charge in [0.25, 0.3) is 0 Å². The summed E-state index contributed by atoms with van der Waals surface area (Å²) in [7, 11) is 0. The van der Waals surface area contributed by atoms with Gasteiger partial charge < -0.3 is 4.57 Å². The lowest BCUT2D eigenvalue weighted by Crippen LogP contribution is -2.04. The lowest BCUT2D eigenvalue weighted by Gasteiger charge is -2.07. The van der Waals surface area contributed by atoms with Gasteiger partial charge in [-0.1, -0.05) is 48.5 Å². The lowest BCUT2D eigenvalue weighted by molar-refractivity contribution is 0.752. The van der Waals surface area contributed by atoms with E-state index in [1.165, 1.54) is 10.8 Å². The molecule has 31 heavy (non-hydrogen) atoms. The number of thiazole rings is 1. The van der Waals surface area contributed by atoms with Gasteiger partial charge in [0.1, 0.15) is 0 Å². The standard InChI is InChI=1S/C25H18N4S.ClH/c26-13-18-5-7-19(8-6-18)15-29-17-27-14-23(29)12-25-28-24(16-30-25)22-10-9-20-3-1-2-4-21(20)11-22;/h1-11,14,16-17H,12,15H2;1H. The Kier molecular flexibility index (Phi) is 6.13. The van der Waals surface area contributed by atoms with Crippen molar-refractivity contribution in [2.24, 2.45) is 0 Å². The van der Waals surface area contributed by atoms with Crippen LogP contribution in [0.25, 0.3) is 22.0 Å². The number of halogens is 1. The van der Waals surface area contributed by atoms with Crippen LogP contribution in [0.3, 0.4) is 0 Å². The van der Waals surface area contributed by atoms with Gasteiger partial charge in [-0.2, -0.15) is 5.26 Å². The molecule has 0 N–H and O–H groups in total. The molecule has 0 aliphatic carbocycles. The van der Waals surface area contributed by atoms with Gasteiger partial charge in [0, 0.05) is 35.8 Å². The zero-order valence-corrected chi connectivity index (χ0v) is 18.2. The summed E-state index contributed by atoms with van der Waals surface area (Å²) in [6.45, 7) is 0.726. The van der Waals surface area contributed by atoms with Gasteiger partial charge in [-0.3, -0.25) is 0 Å². The van der Waals surface area contributed by atoms with Crippen LogP contribution in [0.5, 0.6) is 0 Å². The molecule has 0 spiro atoms. The average molecular weight is 443 g/mol. The van der Waals surface area contributed by atoms with Gasteiger partial charge >= 0.3 is 0 Å². The predicted octanol–water partition coefficient (Wildman–Crippen LogP) is 6.09. The molecule has 0 radical (unpaired) electrons. The Morgan fingerprint density at radius 3 is 2.58 bits per heavy atom. The van der Waals surface area contributed by atoms with E-state index < -0.39 is 0 Å². The Bertz CT molecular complexity index is 1360. The fourth-order valence-corrected chi connectivity index (χ4v) is 4.37. The van der Waals surface area contributed by atoms with Gasteiger partial charge in [-0.25, -0.2) is 9.97 Å². The quantitative estimate of drug-likeness (QED) is 0.331. The molecule has 3 aromatic carbocycles. The van der Waals surface area contributed by atoms with Crippen LogP contribution >= 0.6 is 23.7 Å². The largest absolute Gasteiger partial charge is 0.330 e. The van der Waals surface area contributed by atoms with Crippen molar-refractivity contribution in [1.29, 1.82) is 5.26 Å². The summed E-state index contributed by atoms with van der Waals surface area (Å²) >= 11 is 1.68. The van der Waals surface area contributed by atoms with Crippen molar-refractivity contribution in [3.63, 3.8) is 0 Å². The number of benzene rings is 3. The van der Waals surface area contributed by atoms with Crippen molar-refractivity contribution >= 4 is 34.5 Å². The van der Waals surface area contributed by atoms with Gasteiger partial charge in [-0.15, -0.1) is 23.7 Å². The SMILES string of the molecule is Cl.N#Cc1ccc(Cn2cncc2Cc2nc(-c3ccc4ccccc4c3)cs2)cc1. The first-order valence-corrected chi connectivity index (χ1v) is 10.6. The number of nitrogens with zero attached hydrogens (tertiary/aromatic N) is 4. The van der Waals surface area contributed by atoms with Crippen molar-refractivity contribution in [2.45, 2.75) is 13.0 Å². The summed E-state index contributed by atoms with van der Waals surface area (Å²) in [6.07, 6.45) is 4.50. The number of nitriles is 1. The minimum atomic E-state index is 0. The molecule has 0 atom stereocenters. The fourth-order valence-electron chi connectivity index (χ4n) is 3.55. The number of imidazole rings is 1. The molecule has 0 bridgehead atoms. The molecule has 0 fully saturated rings. The van der Waals surface area contributed by atoms with Crippen LogP contribution in [0.1, 0.15) is 21.8 Å². The van der Waals surface area contributed by atoms with E-state index in [1.807, 2.05) is 36.8 Å². The summed E-state index contributed by atoms with van der Waals surface area (Å²) in [5, 5.41) is 14.6. The molecule has 2 aromatic heterocycles. The Morgan fingerprint density at radius 2 is 1.77 bits per heavy atom. The Hall–Kier alpha value is -3.46. The summed E-state index contributed by atoms with van der Waals surface area (Å²) < 4.78 is 2.14. The second-order valence-corrected chi connectivity index (χ2v) is 8.13. The van der Waals surface area contributed by atoms with Gasteiger partial charge in [0.05, 0.1) is 28.7 Å². The normalized spacial score (nSPS) is 10.5. The van der Waals surface area contributed by atoms with E-state index in [1.54, 1.807) is 11.3 Å². The topological polar surface area (TPSA) is 54.5 Å². The number of hydrogen-bond acceptors (Lipinski definition) is 4. The van der Waals surface area contributed by atoms with Crippen LogP contribution in [0.15, 0.2) is 84.6 Å². The number of hydrogen-bond donors (Lipinski definition) is 0. The van der Waals surface area contributed by atoms with Gasteiger partial charge in [0.15, 0.2) is 0 Å². The molecule has 4 nitrogen and oxygen atoms in total. The van der Waals surface area contributed by atoms with Crippen molar-refractivity contribution in [3.05, 3.63) is 106 Å². The Balaban J connectivity index is 0.00000231. The number of fused-ring (bicyclic) bond motifs is 1. The second kappa shape index (κ2) is 9.13. The van der Waals surface area contributed by atoms with Crippen LogP contribution in [0.2, 0.25) is 0 Å².